The summed E-state index contributed by atoms with van der Waals surface area (Å²) in [6.45, 7) is 1.62. The maximum atomic E-state index is 11.2. The van der Waals surface area contributed by atoms with Crippen LogP contribution in [-0.2, 0) is 15.5 Å². The van der Waals surface area contributed by atoms with Crippen LogP contribution in [0.15, 0.2) is 17.0 Å². The first-order chi connectivity index (χ1) is 7.81. The number of nitrogens with zero attached hydrogens (tertiary/aromatic N) is 2. The molecule has 0 saturated carbocycles. The molecule has 0 radical (unpaired) electrons. The molecular formula is C9H7ClN2O4S. The van der Waals surface area contributed by atoms with E-state index in [9.17, 15) is 18.5 Å². The molecule has 17 heavy (non-hydrogen) atoms. The van der Waals surface area contributed by atoms with Gasteiger partial charge in [-0.15, -0.1) is 0 Å². The second-order valence-electron chi connectivity index (χ2n) is 3.14. The highest BCUT2D eigenvalue weighted by Gasteiger charge is 2.28. The highest BCUT2D eigenvalue weighted by Crippen LogP contribution is 2.32. The van der Waals surface area contributed by atoms with E-state index in [0.717, 1.165) is 6.07 Å². The van der Waals surface area contributed by atoms with Crippen molar-refractivity contribution in [3.63, 3.8) is 0 Å². The molecule has 1 rings (SSSR count). The highest BCUT2D eigenvalue weighted by molar-refractivity contribution is 8.13. The third-order valence-electron chi connectivity index (χ3n) is 2.11. The normalized spacial score (nSPS) is 10.9. The standard InChI is InChI=1S/C9H7ClN2O4S/c1-2-7-3-6(5-11)4-8(17(10,15)16)9(7)12(13)14/h3-4H,2H2,1H3. The molecule has 0 amide bonds. The summed E-state index contributed by atoms with van der Waals surface area (Å²) >= 11 is 0. The molecule has 0 heterocycles. The van der Waals surface area contributed by atoms with Crippen molar-refractivity contribution in [2.75, 3.05) is 0 Å². The number of nitro benzene ring substituents is 1. The minimum Gasteiger partial charge on any atom is -0.258 e. The number of nitriles is 1. The molecule has 0 atom stereocenters. The first-order valence-corrected chi connectivity index (χ1v) is 6.78. The Morgan fingerprint density at radius 1 is 1.53 bits per heavy atom. The zero-order valence-corrected chi connectivity index (χ0v) is 10.2. The van der Waals surface area contributed by atoms with Crippen LogP contribution >= 0.6 is 10.7 Å². The molecule has 0 unspecified atom stereocenters. The fourth-order valence-electron chi connectivity index (χ4n) is 1.39. The molecule has 0 aliphatic carbocycles. The maximum Gasteiger partial charge on any atom is 0.292 e. The number of nitro groups is 1. The van der Waals surface area contributed by atoms with Crippen LogP contribution in [-0.4, -0.2) is 13.3 Å². The van der Waals surface area contributed by atoms with E-state index in [4.69, 9.17) is 15.9 Å². The van der Waals surface area contributed by atoms with Crippen molar-refractivity contribution < 1.29 is 13.3 Å². The summed E-state index contributed by atoms with van der Waals surface area (Å²) < 4.78 is 22.5. The summed E-state index contributed by atoms with van der Waals surface area (Å²) in [6, 6.07) is 3.92. The zero-order valence-electron chi connectivity index (χ0n) is 8.68. The molecule has 0 aliphatic rings. The summed E-state index contributed by atoms with van der Waals surface area (Å²) in [5.74, 6) is 0. The average molecular weight is 275 g/mol. The number of hydrogen-bond acceptors (Lipinski definition) is 5. The van der Waals surface area contributed by atoms with Crippen molar-refractivity contribution in [3.8, 4) is 6.07 Å². The molecule has 0 N–H and O–H groups in total. The van der Waals surface area contributed by atoms with E-state index in [-0.39, 0.29) is 17.5 Å². The van der Waals surface area contributed by atoms with Crippen molar-refractivity contribution in [2.45, 2.75) is 18.2 Å². The third kappa shape index (κ3) is 2.72. The lowest BCUT2D eigenvalue weighted by Gasteiger charge is -2.04. The van der Waals surface area contributed by atoms with Crippen LogP contribution in [0, 0.1) is 21.4 Å². The van der Waals surface area contributed by atoms with Gasteiger partial charge < -0.3 is 0 Å². The largest absolute Gasteiger partial charge is 0.292 e. The minimum absolute atomic E-state index is 0.0201. The predicted octanol–water partition coefficient (Wildman–Crippen LogP) is 1.96. The van der Waals surface area contributed by atoms with Gasteiger partial charge in [-0.05, 0) is 18.6 Å². The second-order valence-corrected chi connectivity index (χ2v) is 5.68. The number of aryl methyl sites for hydroxylation is 1. The van der Waals surface area contributed by atoms with E-state index < -0.39 is 24.6 Å². The van der Waals surface area contributed by atoms with Crippen LogP contribution in [0.4, 0.5) is 5.69 Å². The molecule has 90 valence electrons. The highest BCUT2D eigenvalue weighted by atomic mass is 35.7. The van der Waals surface area contributed by atoms with Gasteiger partial charge in [0.05, 0.1) is 16.6 Å². The predicted molar refractivity (Wildman–Crippen MR) is 60.2 cm³/mol. The van der Waals surface area contributed by atoms with E-state index in [2.05, 4.69) is 0 Å². The lowest BCUT2D eigenvalue weighted by molar-refractivity contribution is -0.388. The Morgan fingerprint density at radius 3 is 2.47 bits per heavy atom. The first kappa shape index (κ1) is 13.4. The second kappa shape index (κ2) is 4.69. The molecule has 0 aromatic heterocycles. The topological polar surface area (TPSA) is 101 Å². The Morgan fingerprint density at radius 2 is 2.12 bits per heavy atom. The summed E-state index contributed by atoms with van der Waals surface area (Å²) in [5, 5.41) is 19.6. The molecule has 6 nitrogen and oxygen atoms in total. The Hall–Kier alpha value is -1.65. The molecule has 8 heteroatoms. The van der Waals surface area contributed by atoms with Crippen molar-refractivity contribution in [1.29, 1.82) is 5.26 Å². The van der Waals surface area contributed by atoms with E-state index >= 15 is 0 Å². The van der Waals surface area contributed by atoms with Crippen LogP contribution in [0.5, 0.6) is 0 Å². The molecule has 0 aliphatic heterocycles. The van der Waals surface area contributed by atoms with Crippen LogP contribution in [0.1, 0.15) is 18.1 Å². The van der Waals surface area contributed by atoms with E-state index in [1.165, 1.54) is 6.07 Å². The fourth-order valence-corrected chi connectivity index (χ4v) is 2.45. The quantitative estimate of drug-likeness (QED) is 0.476. The number of halogens is 1. The van der Waals surface area contributed by atoms with E-state index in [1.54, 1.807) is 13.0 Å². The average Bonchev–Trinajstić information content (AvgIpc) is 2.25. The SMILES string of the molecule is CCc1cc(C#N)cc(S(=O)(=O)Cl)c1[N+](=O)[O-]. The van der Waals surface area contributed by atoms with Crippen LogP contribution in [0.3, 0.4) is 0 Å². The summed E-state index contributed by atoms with van der Waals surface area (Å²) in [6.07, 6.45) is 0.227. The Bertz CT molecular complexity index is 619. The number of hydrogen-bond donors (Lipinski definition) is 0. The molecule has 0 spiro atoms. The Kier molecular flexibility index (Phi) is 3.70. The van der Waals surface area contributed by atoms with Gasteiger partial charge in [0, 0.05) is 16.2 Å². The van der Waals surface area contributed by atoms with Gasteiger partial charge in [0.2, 0.25) is 0 Å². The number of rotatable bonds is 3. The maximum absolute atomic E-state index is 11.2. The van der Waals surface area contributed by atoms with Gasteiger partial charge in [0.1, 0.15) is 0 Å². The van der Waals surface area contributed by atoms with Crippen LogP contribution < -0.4 is 0 Å². The van der Waals surface area contributed by atoms with Crippen molar-refractivity contribution in [3.05, 3.63) is 33.4 Å². The smallest absolute Gasteiger partial charge is 0.258 e. The van der Waals surface area contributed by atoms with Gasteiger partial charge in [0.25, 0.3) is 14.7 Å². The summed E-state index contributed by atoms with van der Waals surface area (Å²) in [7, 11) is 0.860. The molecule has 0 bridgehead atoms. The zero-order chi connectivity index (χ0) is 13.2. The molecule has 1 aromatic carbocycles. The van der Waals surface area contributed by atoms with Gasteiger partial charge >= 0.3 is 0 Å². The van der Waals surface area contributed by atoms with E-state index in [1.807, 2.05) is 0 Å². The van der Waals surface area contributed by atoms with Crippen molar-refractivity contribution in [1.82, 2.24) is 0 Å². The Labute approximate surface area is 102 Å². The lowest BCUT2D eigenvalue weighted by Crippen LogP contribution is -2.03. The summed E-state index contributed by atoms with van der Waals surface area (Å²) in [5.41, 5.74) is -0.388. The third-order valence-corrected chi connectivity index (χ3v) is 3.44. The van der Waals surface area contributed by atoms with Crippen LogP contribution in [0.2, 0.25) is 0 Å². The number of benzene rings is 1. The van der Waals surface area contributed by atoms with Gasteiger partial charge in [-0.1, -0.05) is 6.92 Å². The fraction of sp³-hybridized carbons (Fsp3) is 0.222. The van der Waals surface area contributed by atoms with Crippen molar-refractivity contribution >= 4 is 25.4 Å². The van der Waals surface area contributed by atoms with Crippen molar-refractivity contribution in [2.24, 2.45) is 0 Å². The minimum atomic E-state index is -4.26. The van der Waals surface area contributed by atoms with Gasteiger partial charge in [-0.25, -0.2) is 8.42 Å². The monoisotopic (exact) mass is 274 g/mol. The lowest BCUT2D eigenvalue weighted by atomic mass is 10.1. The van der Waals surface area contributed by atoms with Gasteiger partial charge in [0.15, 0.2) is 4.90 Å². The molecule has 0 fully saturated rings. The van der Waals surface area contributed by atoms with Gasteiger partial charge in [-0.2, -0.15) is 5.26 Å². The molecular weight excluding hydrogens is 268 g/mol. The first-order valence-electron chi connectivity index (χ1n) is 4.47. The van der Waals surface area contributed by atoms with Crippen LogP contribution in [0.25, 0.3) is 0 Å². The van der Waals surface area contributed by atoms with Gasteiger partial charge in [-0.3, -0.25) is 10.1 Å². The molecule has 0 saturated heterocycles. The Balaban J connectivity index is 3.78. The van der Waals surface area contributed by atoms with E-state index in [0.29, 0.717) is 0 Å². The summed E-state index contributed by atoms with van der Waals surface area (Å²) in [4.78, 5) is 9.40. The molecule has 1 aromatic rings.